The van der Waals surface area contributed by atoms with Crippen LogP contribution in [0.5, 0.6) is 0 Å². The third-order valence-corrected chi connectivity index (χ3v) is 3.92. The molecule has 0 saturated heterocycles. The van der Waals surface area contributed by atoms with Crippen molar-refractivity contribution in [3.63, 3.8) is 0 Å². The highest BCUT2D eigenvalue weighted by Crippen LogP contribution is 2.27. The molecule has 1 nitrogen and oxygen atoms in total. The summed E-state index contributed by atoms with van der Waals surface area (Å²) in [6, 6.07) is 9.49. The number of hydrogen-bond donors (Lipinski definition) is 1. The molecule has 0 saturated carbocycles. The highest BCUT2D eigenvalue weighted by molar-refractivity contribution is 9.10. The fraction of sp³-hybridized carbons (Fsp3) is 0.0769. The molecule has 94 valence electrons. The maximum Gasteiger partial charge on any atom is 0.147 e. The van der Waals surface area contributed by atoms with Crippen molar-refractivity contribution >= 4 is 33.4 Å². The molecule has 0 spiro atoms. The minimum Gasteiger partial charge on any atom is -0.396 e. The summed E-state index contributed by atoms with van der Waals surface area (Å²) in [4.78, 5) is 0.726. The standard InChI is InChI=1S/C13H10BrF2NS/c14-9-2-1-8(11(15)5-9)7-18-10-3-4-13(17)12(16)6-10/h1-6H,7,17H2. The lowest BCUT2D eigenvalue weighted by Gasteiger charge is -2.05. The van der Waals surface area contributed by atoms with Gasteiger partial charge in [-0.25, -0.2) is 8.78 Å². The van der Waals surface area contributed by atoms with E-state index in [1.807, 2.05) is 0 Å². The summed E-state index contributed by atoms with van der Waals surface area (Å²) >= 11 is 4.57. The van der Waals surface area contributed by atoms with Gasteiger partial charge in [-0.3, -0.25) is 0 Å². The molecule has 2 N–H and O–H groups in total. The average molecular weight is 330 g/mol. The maximum atomic E-state index is 13.6. The fourth-order valence-electron chi connectivity index (χ4n) is 1.40. The molecule has 0 radical (unpaired) electrons. The van der Waals surface area contributed by atoms with Gasteiger partial charge in [-0.15, -0.1) is 11.8 Å². The summed E-state index contributed by atoms with van der Waals surface area (Å²) in [5.74, 6) is -0.272. The second-order valence-electron chi connectivity index (χ2n) is 3.71. The zero-order valence-electron chi connectivity index (χ0n) is 9.29. The summed E-state index contributed by atoms with van der Waals surface area (Å²) in [5.41, 5.74) is 6.09. The van der Waals surface area contributed by atoms with Crippen molar-refractivity contribution in [1.29, 1.82) is 0 Å². The second kappa shape index (κ2) is 5.71. The summed E-state index contributed by atoms with van der Waals surface area (Å²) < 4.78 is 27.5. The van der Waals surface area contributed by atoms with Gasteiger partial charge in [0.25, 0.3) is 0 Å². The van der Waals surface area contributed by atoms with Gasteiger partial charge in [0.1, 0.15) is 11.6 Å². The van der Waals surface area contributed by atoms with Crippen molar-refractivity contribution in [2.24, 2.45) is 0 Å². The van der Waals surface area contributed by atoms with E-state index < -0.39 is 5.82 Å². The third kappa shape index (κ3) is 3.23. The van der Waals surface area contributed by atoms with Gasteiger partial charge in [0.2, 0.25) is 0 Å². The van der Waals surface area contributed by atoms with E-state index in [2.05, 4.69) is 15.9 Å². The molecule has 0 heterocycles. The Morgan fingerprint density at radius 1 is 1.06 bits per heavy atom. The van der Waals surface area contributed by atoms with Crippen LogP contribution in [0.1, 0.15) is 5.56 Å². The number of hydrogen-bond acceptors (Lipinski definition) is 2. The normalized spacial score (nSPS) is 10.6. The number of nitrogen functional groups attached to an aromatic ring is 1. The number of anilines is 1. The van der Waals surface area contributed by atoms with Crippen LogP contribution >= 0.6 is 27.7 Å². The highest BCUT2D eigenvalue weighted by atomic mass is 79.9. The van der Waals surface area contributed by atoms with Crippen LogP contribution in [0.3, 0.4) is 0 Å². The van der Waals surface area contributed by atoms with Gasteiger partial charge in [0, 0.05) is 15.1 Å². The van der Waals surface area contributed by atoms with Gasteiger partial charge in [0.15, 0.2) is 0 Å². The molecule has 0 bridgehead atoms. The van der Waals surface area contributed by atoms with Crippen LogP contribution in [0.15, 0.2) is 45.8 Å². The Hall–Kier alpha value is -1.07. The summed E-state index contributed by atoms with van der Waals surface area (Å²) in [5, 5.41) is 0. The van der Waals surface area contributed by atoms with E-state index in [1.165, 1.54) is 30.0 Å². The lowest BCUT2D eigenvalue weighted by molar-refractivity contribution is 0.616. The van der Waals surface area contributed by atoms with E-state index >= 15 is 0 Å². The average Bonchev–Trinajstić information content (AvgIpc) is 2.32. The van der Waals surface area contributed by atoms with Gasteiger partial charge in [-0.1, -0.05) is 22.0 Å². The van der Waals surface area contributed by atoms with Gasteiger partial charge < -0.3 is 5.73 Å². The van der Waals surface area contributed by atoms with E-state index in [0.717, 1.165) is 4.90 Å². The number of nitrogens with two attached hydrogens (primary N) is 1. The van der Waals surface area contributed by atoms with Crippen LogP contribution in [0, 0.1) is 11.6 Å². The maximum absolute atomic E-state index is 13.6. The molecule has 0 aliphatic heterocycles. The van der Waals surface area contributed by atoms with Crippen LogP contribution in [0.2, 0.25) is 0 Å². The van der Waals surface area contributed by atoms with Crippen LogP contribution < -0.4 is 5.73 Å². The molecule has 0 aromatic heterocycles. The van der Waals surface area contributed by atoms with E-state index in [0.29, 0.717) is 15.8 Å². The first-order valence-corrected chi connectivity index (χ1v) is 6.96. The first kappa shape index (κ1) is 13.4. The van der Waals surface area contributed by atoms with E-state index in [-0.39, 0.29) is 11.5 Å². The van der Waals surface area contributed by atoms with E-state index in [9.17, 15) is 8.78 Å². The van der Waals surface area contributed by atoms with Crippen molar-refractivity contribution in [3.8, 4) is 0 Å². The molecule has 2 aromatic carbocycles. The molecule has 0 amide bonds. The van der Waals surface area contributed by atoms with Crippen molar-refractivity contribution in [3.05, 3.63) is 58.1 Å². The summed E-state index contributed by atoms with van der Waals surface area (Å²) in [6.07, 6.45) is 0. The molecule has 0 fully saturated rings. The molecule has 2 rings (SSSR count). The lowest BCUT2D eigenvalue weighted by atomic mass is 10.2. The van der Waals surface area contributed by atoms with Crippen molar-refractivity contribution in [2.45, 2.75) is 10.6 Å². The topological polar surface area (TPSA) is 26.0 Å². The van der Waals surface area contributed by atoms with E-state index in [4.69, 9.17) is 5.73 Å². The minimum absolute atomic E-state index is 0.120. The first-order chi connectivity index (χ1) is 8.56. The second-order valence-corrected chi connectivity index (χ2v) is 5.67. The van der Waals surface area contributed by atoms with Crippen LogP contribution in [-0.2, 0) is 5.75 Å². The van der Waals surface area contributed by atoms with Gasteiger partial charge in [-0.05, 0) is 35.9 Å². The Labute approximate surface area is 117 Å². The minimum atomic E-state index is -0.448. The molecule has 0 aliphatic rings. The van der Waals surface area contributed by atoms with E-state index in [1.54, 1.807) is 18.2 Å². The molecule has 18 heavy (non-hydrogen) atoms. The number of benzene rings is 2. The third-order valence-electron chi connectivity index (χ3n) is 2.38. The Morgan fingerprint density at radius 3 is 2.50 bits per heavy atom. The molecule has 0 atom stereocenters. The van der Waals surface area contributed by atoms with Gasteiger partial charge >= 0.3 is 0 Å². The van der Waals surface area contributed by atoms with Crippen molar-refractivity contribution in [2.75, 3.05) is 5.73 Å². The number of rotatable bonds is 3. The largest absolute Gasteiger partial charge is 0.396 e. The van der Waals surface area contributed by atoms with Crippen molar-refractivity contribution < 1.29 is 8.78 Å². The van der Waals surface area contributed by atoms with Crippen LogP contribution in [-0.4, -0.2) is 0 Å². The highest BCUT2D eigenvalue weighted by Gasteiger charge is 2.05. The predicted octanol–water partition coefficient (Wildman–Crippen LogP) is 4.60. The Balaban J connectivity index is 2.09. The van der Waals surface area contributed by atoms with Crippen LogP contribution in [0.4, 0.5) is 14.5 Å². The SMILES string of the molecule is Nc1ccc(SCc2ccc(Br)cc2F)cc1F. The van der Waals surface area contributed by atoms with Crippen molar-refractivity contribution in [1.82, 2.24) is 0 Å². The predicted molar refractivity (Wildman–Crippen MR) is 74.5 cm³/mol. The molecule has 2 aromatic rings. The van der Waals surface area contributed by atoms with Crippen LogP contribution in [0.25, 0.3) is 0 Å². The summed E-state index contributed by atoms with van der Waals surface area (Å²) in [6.45, 7) is 0. The zero-order valence-corrected chi connectivity index (χ0v) is 11.7. The number of thioether (sulfide) groups is 1. The first-order valence-electron chi connectivity index (χ1n) is 5.18. The summed E-state index contributed by atoms with van der Waals surface area (Å²) in [7, 11) is 0. The smallest absolute Gasteiger partial charge is 0.147 e. The Kier molecular flexibility index (Phi) is 4.24. The van der Waals surface area contributed by atoms with Gasteiger partial charge in [0.05, 0.1) is 5.69 Å². The Bertz CT molecular complexity index is 575. The molecular weight excluding hydrogens is 320 g/mol. The molecule has 0 aliphatic carbocycles. The quantitative estimate of drug-likeness (QED) is 0.657. The number of halogens is 3. The fourth-order valence-corrected chi connectivity index (χ4v) is 2.64. The van der Waals surface area contributed by atoms with Gasteiger partial charge in [-0.2, -0.15) is 0 Å². The molecular formula is C13H10BrF2NS. The monoisotopic (exact) mass is 329 g/mol. The zero-order chi connectivity index (χ0) is 13.1. The molecule has 0 unspecified atom stereocenters. The lowest BCUT2D eigenvalue weighted by Crippen LogP contribution is -1.91. The Morgan fingerprint density at radius 2 is 1.83 bits per heavy atom. The molecule has 5 heteroatoms.